The molecule has 0 aliphatic carbocycles. The lowest BCUT2D eigenvalue weighted by atomic mass is 9.94. The van der Waals surface area contributed by atoms with Gasteiger partial charge in [0.05, 0.1) is 0 Å². The number of rotatable bonds is 5. The molecule has 132 valence electrons. The zero-order chi connectivity index (χ0) is 16.8. The third-order valence-corrected chi connectivity index (χ3v) is 5.53. The minimum atomic E-state index is 0.0631. The van der Waals surface area contributed by atoms with Crippen molar-refractivity contribution < 1.29 is 4.79 Å². The maximum atomic E-state index is 12.3. The largest absolute Gasteiger partial charge is 0.372 e. The Balaban J connectivity index is 1.43. The van der Waals surface area contributed by atoms with Crippen molar-refractivity contribution in [2.45, 2.75) is 38.5 Å². The highest BCUT2D eigenvalue weighted by atomic mass is 16.1. The summed E-state index contributed by atoms with van der Waals surface area (Å²) in [7, 11) is 2.19. The predicted molar refractivity (Wildman–Crippen MR) is 99.7 cm³/mol. The van der Waals surface area contributed by atoms with E-state index < -0.39 is 0 Å². The van der Waals surface area contributed by atoms with E-state index in [9.17, 15) is 4.79 Å². The van der Waals surface area contributed by atoms with Crippen LogP contribution in [0.1, 0.15) is 48.9 Å². The lowest BCUT2D eigenvalue weighted by Crippen LogP contribution is -2.32. The van der Waals surface area contributed by atoms with Gasteiger partial charge in [-0.1, -0.05) is 0 Å². The van der Waals surface area contributed by atoms with Gasteiger partial charge in [-0.05, 0) is 88.8 Å². The van der Waals surface area contributed by atoms with E-state index in [1.54, 1.807) is 0 Å². The van der Waals surface area contributed by atoms with Gasteiger partial charge in [-0.15, -0.1) is 0 Å². The van der Waals surface area contributed by atoms with Crippen LogP contribution >= 0.6 is 0 Å². The first kappa shape index (κ1) is 17.3. The molecule has 0 spiro atoms. The monoisotopic (exact) mass is 329 g/mol. The SMILES string of the molecule is CN1CCC(CCNC(=O)c2ccc(N3CCCCC3)cc2)CC1. The highest BCUT2D eigenvalue weighted by molar-refractivity contribution is 5.94. The molecule has 24 heavy (non-hydrogen) atoms. The minimum Gasteiger partial charge on any atom is -0.372 e. The maximum Gasteiger partial charge on any atom is 0.251 e. The highest BCUT2D eigenvalue weighted by Crippen LogP contribution is 2.21. The van der Waals surface area contributed by atoms with E-state index in [2.05, 4.69) is 34.3 Å². The zero-order valence-electron chi connectivity index (χ0n) is 15.0. The van der Waals surface area contributed by atoms with E-state index in [-0.39, 0.29) is 5.91 Å². The first-order chi connectivity index (χ1) is 11.7. The van der Waals surface area contributed by atoms with Crippen molar-refractivity contribution in [3.05, 3.63) is 29.8 Å². The predicted octanol–water partition coefficient (Wildman–Crippen LogP) is 3.14. The zero-order valence-corrected chi connectivity index (χ0v) is 15.0. The summed E-state index contributed by atoms with van der Waals surface area (Å²) in [6.45, 7) is 5.46. The van der Waals surface area contributed by atoms with Crippen LogP contribution in [0.4, 0.5) is 5.69 Å². The van der Waals surface area contributed by atoms with Crippen LogP contribution in [0.15, 0.2) is 24.3 Å². The summed E-state index contributed by atoms with van der Waals surface area (Å²) >= 11 is 0. The van der Waals surface area contributed by atoms with Crippen molar-refractivity contribution in [1.29, 1.82) is 0 Å². The van der Waals surface area contributed by atoms with Crippen molar-refractivity contribution in [2.24, 2.45) is 5.92 Å². The van der Waals surface area contributed by atoms with Gasteiger partial charge in [0, 0.05) is 30.9 Å². The molecule has 2 fully saturated rings. The molecule has 0 bridgehead atoms. The van der Waals surface area contributed by atoms with Crippen LogP contribution < -0.4 is 10.2 Å². The molecular weight excluding hydrogens is 298 g/mol. The molecule has 1 aromatic carbocycles. The molecular formula is C20H31N3O. The van der Waals surface area contributed by atoms with Crippen molar-refractivity contribution >= 4 is 11.6 Å². The number of carbonyl (C=O) groups excluding carboxylic acids is 1. The number of likely N-dealkylation sites (tertiary alicyclic amines) is 1. The van der Waals surface area contributed by atoms with Crippen molar-refractivity contribution in [3.63, 3.8) is 0 Å². The topological polar surface area (TPSA) is 35.6 Å². The maximum absolute atomic E-state index is 12.3. The van der Waals surface area contributed by atoms with Gasteiger partial charge in [0.1, 0.15) is 0 Å². The molecule has 4 heteroatoms. The second-order valence-corrected chi connectivity index (χ2v) is 7.39. The molecule has 0 unspecified atom stereocenters. The van der Waals surface area contributed by atoms with Crippen LogP contribution in [-0.2, 0) is 0 Å². The van der Waals surface area contributed by atoms with E-state index in [4.69, 9.17) is 0 Å². The molecule has 2 aliphatic heterocycles. The van der Waals surface area contributed by atoms with Gasteiger partial charge in [0.2, 0.25) is 0 Å². The number of hydrogen-bond acceptors (Lipinski definition) is 3. The lowest BCUT2D eigenvalue weighted by molar-refractivity contribution is 0.0949. The third-order valence-electron chi connectivity index (χ3n) is 5.53. The summed E-state index contributed by atoms with van der Waals surface area (Å²) in [5, 5.41) is 3.09. The van der Waals surface area contributed by atoms with Crippen LogP contribution in [-0.4, -0.2) is 50.6 Å². The average Bonchev–Trinajstić information content (AvgIpc) is 2.64. The van der Waals surface area contributed by atoms with Gasteiger partial charge in [-0.25, -0.2) is 0 Å². The van der Waals surface area contributed by atoms with E-state index in [1.165, 1.54) is 50.9 Å². The normalized spacial score (nSPS) is 20.1. The Morgan fingerprint density at radius 2 is 1.71 bits per heavy atom. The fourth-order valence-corrected chi connectivity index (χ4v) is 3.82. The van der Waals surface area contributed by atoms with Gasteiger partial charge >= 0.3 is 0 Å². The number of hydrogen-bond donors (Lipinski definition) is 1. The van der Waals surface area contributed by atoms with Crippen LogP contribution in [0.5, 0.6) is 0 Å². The first-order valence-electron chi connectivity index (χ1n) is 9.54. The molecule has 0 atom stereocenters. The molecule has 1 N–H and O–H groups in total. The Labute approximate surface area is 146 Å². The molecule has 1 aromatic rings. The molecule has 3 rings (SSSR count). The number of benzene rings is 1. The fraction of sp³-hybridized carbons (Fsp3) is 0.650. The third kappa shape index (κ3) is 4.73. The van der Waals surface area contributed by atoms with Crippen molar-refractivity contribution in [1.82, 2.24) is 10.2 Å². The van der Waals surface area contributed by atoms with E-state index in [0.29, 0.717) is 0 Å². The van der Waals surface area contributed by atoms with Crippen LogP contribution in [0.25, 0.3) is 0 Å². The smallest absolute Gasteiger partial charge is 0.251 e. The Kier molecular flexibility index (Phi) is 6.13. The van der Waals surface area contributed by atoms with E-state index in [1.807, 2.05) is 12.1 Å². The number of carbonyl (C=O) groups is 1. The molecule has 0 saturated carbocycles. The first-order valence-corrected chi connectivity index (χ1v) is 9.54. The van der Waals surface area contributed by atoms with Crippen LogP contribution in [0.3, 0.4) is 0 Å². The lowest BCUT2D eigenvalue weighted by Gasteiger charge is -2.29. The quantitative estimate of drug-likeness (QED) is 0.901. The second-order valence-electron chi connectivity index (χ2n) is 7.39. The highest BCUT2D eigenvalue weighted by Gasteiger charge is 2.17. The molecule has 2 aliphatic rings. The summed E-state index contributed by atoms with van der Waals surface area (Å²) < 4.78 is 0. The molecule has 1 amide bonds. The van der Waals surface area contributed by atoms with Crippen molar-refractivity contribution in [2.75, 3.05) is 44.7 Å². The Morgan fingerprint density at radius 3 is 2.38 bits per heavy atom. The number of nitrogens with one attached hydrogen (secondary N) is 1. The Hall–Kier alpha value is -1.55. The Morgan fingerprint density at radius 1 is 1.04 bits per heavy atom. The fourth-order valence-electron chi connectivity index (χ4n) is 3.82. The van der Waals surface area contributed by atoms with E-state index in [0.717, 1.165) is 37.5 Å². The minimum absolute atomic E-state index is 0.0631. The molecule has 0 radical (unpaired) electrons. The number of amides is 1. The molecule has 0 aromatic heterocycles. The van der Waals surface area contributed by atoms with Crippen LogP contribution in [0, 0.1) is 5.92 Å². The van der Waals surface area contributed by atoms with Crippen LogP contribution in [0.2, 0.25) is 0 Å². The van der Waals surface area contributed by atoms with Gasteiger partial charge < -0.3 is 15.1 Å². The van der Waals surface area contributed by atoms with Gasteiger partial charge in [-0.3, -0.25) is 4.79 Å². The summed E-state index contributed by atoms with van der Waals surface area (Å²) in [6, 6.07) is 8.12. The summed E-state index contributed by atoms with van der Waals surface area (Å²) in [4.78, 5) is 17.1. The standard InChI is InChI=1S/C20H31N3O/c1-22-15-10-17(11-16-22)9-12-21-20(24)18-5-7-19(8-6-18)23-13-3-2-4-14-23/h5-8,17H,2-4,9-16H2,1H3,(H,21,24). The number of anilines is 1. The van der Waals surface area contributed by atoms with Crippen molar-refractivity contribution in [3.8, 4) is 0 Å². The number of piperidine rings is 2. The van der Waals surface area contributed by atoms with Gasteiger partial charge in [-0.2, -0.15) is 0 Å². The van der Waals surface area contributed by atoms with Gasteiger partial charge in [0.25, 0.3) is 5.91 Å². The molecule has 4 nitrogen and oxygen atoms in total. The summed E-state index contributed by atoms with van der Waals surface area (Å²) in [5.74, 6) is 0.830. The second kappa shape index (κ2) is 8.52. The van der Waals surface area contributed by atoms with Gasteiger partial charge in [0.15, 0.2) is 0 Å². The summed E-state index contributed by atoms with van der Waals surface area (Å²) in [5.41, 5.74) is 2.02. The average molecular weight is 329 g/mol. The molecule has 2 saturated heterocycles. The van der Waals surface area contributed by atoms with E-state index >= 15 is 0 Å². The summed E-state index contributed by atoms with van der Waals surface area (Å²) in [6.07, 6.45) is 7.52. The number of nitrogens with zero attached hydrogens (tertiary/aromatic N) is 2. The Bertz CT molecular complexity index is 514. The molecule has 2 heterocycles.